The molecule has 0 radical (unpaired) electrons. The third kappa shape index (κ3) is 3.68. The Morgan fingerprint density at radius 1 is 0.821 bits per heavy atom. The van der Waals surface area contributed by atoms with Gasteiger partial charge in [-0.3, -0.25) is 9.59 Å². The number of nitrogens with zero attached hydrogens (tertiary/aromatic N) is 3. The minimum Gasteiger partial charge on any atom is -0.464 e. The lowest BCUT2D eigenvalue weighted by Crippen LogP contribution is -2.15. The van der Waals surface area contributed by atoms with Crippen LogP contribution in [0.15, 0.2) is 42.9 Å². The normalized spacial score (nSPS) is 10.6. The van der Waals surface area contributed by atoms with E-state index in [0.29, 0.717) is 28.5 Å². The molecule has 3 rings (SSSR count). The van der Waals surface area contributed by atoms with Crippen molar-refractivity contribution >= 4 is 29.2 Å². The van der Waals surface area contributed by atoms with Gasteiger partial charge in [-0.05, 0) is 24.3 Å². The van der Waals surface area contributed by atoms with Crippen LogP contribution in [-0.2, 0) is 25.9 Å². The van der Waals surface area contributed by atoms with Gasteiger partial charge in [0, 0.05) is 39.7 Å². The zero-order valence-electron chi connectivity index (χ0n) is 16.0. The first-order valence-corrected chi connectivity index (χ1v) is 8.45. The zero-order chi connectivity index (χ0) is 20.4. The number of amides is 2. The molecule has 146 valence electrons. The molecule has 0 aliphatic rings. The molecule has 2 amide bonds. The third-order valence-corrected chi connectivity index (χ3v) is 4.33. The molecule has 0 fully saturated rings. The molecule has 0 saturated heterocycles. The van der Waals surface area contributed by atoms with Gasteiger partial charge in [-0.1, -0.05) is 0 Å². The molecule has 0 saturated carbocycles. The van der Waals surface area contributed by atoms with E-state index in [1.807, 2.05) is 0 Å². The quantitative estimate of drug-likeness (QED) is 0.658. The van der Waals surface area contributed by atoms with Crippen molar-refractivity contribution in [3.8, 4) is 0 Å². The van der Waals surface area contributed by atoms with Gasteiger partial charge in [0.2, 0.25) is 0 Å². The molecule has 3 aromatic heterocycles. The van der Waals surface area contributed by atoms with Crippen LogP contribution in [0.2, 0.25) is 0 Å². The molecule has 0 atom stereocenters. The Morgan fingerprint density at radius 2 is 1.36 bits per heavy atom. The van der Waals surface area contributed by atoms with E-state index >= 15 is 0 Å². The Morgan fingerprint density at radius 3 is 1.89 bits per heavy atom. The minimum absolute atomic E-state index is 0.268. The van der Waals surface area contributed by atoms with E-state index in [-0.39, 0.29) is 11.8 Å². The number of aromatic nitrogens is 3. The molecule has 0 unspecified atom stereocenters. The number of hydrogen-bond acceptors (Lipinski definition) is 4. The van der Waals surface area contributed by atoms with E-state index in [1.165, 1.54) is 13.2 Å². The van der Waals surface area contributed by atoms with Crippen LogP contribution in [0.25, 0.3) is 0 Å². The predicted molar refractivity (Wildman–Crippen MR) is 103 cm³/mol. The Labute approximate surface area is 161 Å². The molecule has 28 heavy (non-hydrogen) atoms. The lowest BCUT2D eigenvalue weighted by atomic mass is 10.3. The molecule has 0 bridgehead atoms. The molecule has 0 spiro atoms. The fourth-order valence-corrected chi connectivity index (χ4v) is 2.89. The number of aryl methyl sites for hydroxylation is 3. The molecular weight excluding hydrogens is 362 g/mol. The second-order valence-electron chi connectivity index (χ2n) is 6.35. The van der Waals surface area contributed by atoms with Crippen molar-refractivity contribution in [2.24, 2.45) is 21.1 Å². The van der Waals surface area contributed by atoms with Gasteiger partial charge < -0.3 is 29.1 Å². The molecule has 0 aliphatic carbocycles. The lowest BCUT2D eigenvalue weighted by molar-refractivity contribution is 0.0589. The fourth-order valence-electron chi connectivity index (χ4n) is 2.89. The first-order valence-electron chi connectivity index (χ1n) is 8.45. The molecule has 3 heterocycles. The van der Waals surface area contributed by atoms with Gasteiger partial charge in [0.1, 0.15) is 17.1 Å². The predicted octanol–water partition coefficient (Wildman–Crippen LogP) is 1.99. The number of hydrogen-bond donors (Lipinski definition) is 2. The van der Waals surface area contributed by atoms with Gasteiger partial charge in [-0.25, -0.2) is 4.79 Å². The standard InChI is InChI=1S/C19H21N5O4/c1-22-7-5-6-14(22)17(25)20-12-8-15(23(2)10-12)18(26)21-13-9-16(19(27)28-4)24(3)11-13/h5-11H,1-4H3,(H,20,25)(H,21,26). The summed E-state index contributed by atoms with van der Waals surface area (Å²) in [6.45, 7) is 0. The summed E-state index contributed by atoms with van der Waals surface area (Å²) < 4.78 is 9.59. The van der Waals surface area contributed by atoms with E-state index in [4.69, 9.17) is 4.74 Å². The fraction of sp³-hybridized carbons (Fsp3) is 0.211. The van der Waals surface area contributed by atoms with Crippen LogP contribution >= 0.6 is 0 Å². The van der Waals surface area contributed by atoms with E-state index in [2.05, 4.69) is 10.6 Å². The van der Waals surface area contributed by atoms with E-state index < -0.39 is 5.97 Å². The summed E-state index contributed by atoms with van der Waals surface area (Å²) in [6, 6.07) is 6.60. The van der Waals surface area contributed by atoms with E-state index in [0.717, 1.165) is 0 Å². The van der Waals surface area contributed by atoms with Crippen LogP contribution < -0.4 is 10.6 Å². The third-order valence-electron chi connectivity index (χ3n) is 4.33. The smallest absolute Gasteiger partial charge is 0.354 e. The summed E-state index contributed by atoms with van der Waals surface area (Å²) in [5, 5.41) is 5.51. The number of carbonyl (C=O) groups excluding carboxylic acids is 3. The maximum atomic E-state index is 12.6. The summed E-state index contributed by atoms with van der Waals surface area (Å²) in [7, 11) is 6.46. The summed E-state index contributed by atoms with van der Waals surface area (Å²) in [5.41, 5.74) is 2.14. The Hall–Kier alpha value is -3.75. The molecule has 0 aromatic carbocycles. The molecule has 9 heteroatoms. The molecule has 2 N–H and O–H groups in total. The number of nitrogens with one attached hydrogen (secondary N) is 2. The van der Waals surface area contributed by atoms with Crippen molar-refractivity contribution in [2.45, 2.75) is 0 Å². The Kier molecular flexibility index (Phi) is 5.08. The highest BCUT2D eigenvalue weighted by Gasteiger charge is 2.17. The minimum atomic E-state index is -0.493. The highest BCUT2D eigenvalue weighted by Crippen LogP contribution is 2.18. The van der Waals surface area contributed by atoms with Crippen LogP contribution in [0.5, 0.6) is 0 Å². The van der Waals surface area contributed by atoms with Gasteiger partial charge in [0.15, 0.2) is 0 Å². The maximum Gasteiger partial charge on any atom is 0.354 e. The number of rotatable bonds is 5. The number of carbonyl (C=O) groups is 3. The number of anilines is 2. The average molecular weight is 383 g/mol. The topological polar surface area (TPSA) is 99.3 Å². The number of ether oxygens (including phenoxy) is 1. The second kappa shape index (κ2) is 7.47. The highest BCUT2D eigenvalue weighted by molar-refractivity contribution is 6.07. The highest BCUT2D eigenvalue weighted by atomic mass is 16.5. The Bertz CT molecular complexity index is 1060. The van der Waals surface area contributed by atoms with Crippen molar-refractivity contribution in [2.75, 3.05) is 17.7 Å². The summed E-state index contributed by atoms with van der Waals surface area (Å²) in [6.07, 6.45) is 5.05. The van der Waals surface area contributed by atoms with Crippen molar-refractivity contribution in [3.05, 3.63) is 59.9 Å². The van der Waals surface area contributed by atoms with Gasteiger partial charge in [-0.15, -0.1) is 0 Å². The number of methoxy groups -OCH3 is 1. The van der Waals surface area contributed by atoms with E-state index in [9.17, 15) is 14.4 Å². The largest absolute Gasteiger partial charge is 0.464 e. The van der Waals surface area contributed by atoms with Crippen LogP contribution in [0.4, 0.5) is 11.4 Å². The maximum absolute atomic E-state index is 12.6. The summed E-state index contributed by atoms with van der Waals surface area (Å²) in [4.78, 5) is 36.6. The first kappa shape index (κ1) is 19.0. The number of esters is 1. The first-order chi connectivity index (χ1) is 13.3. The van der Waals surface area contributed by atoms with Crippen molar-refractivity contribution < 1.29 is 19.1 Å². The van der Waals surface area contributed by atoms with Crippen molar-refractivity contribution in [3.63, 3.8) is 0 Å². The average Bonchev–Trinajstić information content (AvgIpc) is 3.33. The molecular formula is C19H21N5O4. The zero-order valence-corrected chi connectivity index (χ0v) is 16.0. The van der Waals surface area contributed by atoms with Crippen molar-refractivity contribution in [1.82, 2.24) is 13.7 Å². The molecule has 3 aromatic rings. The van der Waals surface area contributed by atoms with Crippen molar-refractivity contribution in [1.29, 1.82) is 0 Å². The summed E-state index contributed by atoms with van der Waals surface area (Å²) in [5.74, 6) is -1.13. The monoisotopic (exact) mass is 383 g/mol. The Balaban J connectivity index is 1.74. The molecule has 0 aliphatic heterocycles. The van der Waals surface area contributed by atoms with Crippen LogP contribution in [-0.4, -0.2) is 38.6 Å². The summed E-state index contributed by atoms with van der Waals surface area (Å²) >= 11 is 0. The SMILES string of the molecule is COC(=O)c1cc(NC(=O)c2cc(NC(=O)c3cccn3C)cn2C)cn1C. The van der Waals surface area contributed by atoms with Crippen LogP contribution in [0.1, 0.15) is 31.5 Å². The van der Waals surface area contributed by atoms with Gasteiger partial charge in [0.25, 0.3) is 11.8 Å². The van der Waals surface area contributed by atoms with Gasteiger partial charge >= 0.3 is 5.97 Å². The lowest BCUT2D eigenvalue weighted by Gasteiger charge is -2.03. The van der Waals surface area contributed by atoms with E-state index in [1.54, 1.807) is 71.6 Å². The van der Waals surface area contributed by atoms with Crippen LogP contribution in [0.3, 0.4) is 0 Å². The molecule has 9 nitrogen and oxygen atoms in total. The van der Waals surface area contributed by atoms with Gasteiger partial charge in [-0.2, -0.15) is 0 Å². The van der Waals surface area contributed by atoms with Gasteiger partial charge in [0.05, 0.1) is 18.5 Å². The van der Waals surface area contributed by atoms with Crippen LogP contribution in [0, 0.1) is 0 Å². The second-order valence-corrected chi connectivity index (χ2v) is 6.35.